The highest BCUT2D eigenvalue weighted by Crippen LogP contribution is 2.48. The topological polar surface area (TPSA) is 54.0 Å². The molecule has 0 bridgehead atoms. The summed E-state index contributed by atoms with van der Waals surface area (Å²) in [6.45, 7) is 0. The zero-order chi connectivity index (χ0) is 38.0. The molecule has 0 saturated carbocycles. The number of Topliss-reactive ketones (excluding diaryl/α,β-unsaturated/α-hetero) is 1. The Kier molecular flexibility index (Phi) is 10.8. The molecular weight excluding hydrogens is 693 g/mol. The SMILES string of the molecule is O=C(C(c1ccccc1)C1(Oc2ccc(Oc3ccccc3)cc2)C=CC=CC1)C(c1ccccc1)C1(Oc2ccc(Oc3ccccc3)cc2)C=CC=CC1. The highest BCUT2D eigenvalue weighted by atomic mass is 16.5. The fraction of sp³-hybridized carbons (Fsp3) is 0.118. The van der Waals surface area contributed by atoms with Crippen LogP contribution in [-0.2, 0) is 4.79 Å². The van der Waals surface area contributed by atoms with Gasteiger partial charge in [-0.3, -0.25) is 4.79 Å². The molecule has 0 spiro atoms. The number of benzene rings is 6. The molecule has 6 aromatic carbocycles. The Balaban J connectivity index is 1.18. The van der Waals surface area contributed by atoms with E-state index in [4.69, 9.17) is 18.9 Å². The van der Waals surface area contributed by atoms with E-state index < -0.39 is 23.0 Å². The third-order valence-corrected chi connectivity index (χ3v) is 10.2. The molecular formula is C51H42O5. The van der Waals surface area contributed by atoms with E-state index in [0.717, 1.165) is 22.6 Å². The largest absolute Gasteiger partial charge is 0.482 e. The van der Waals surface area contributed by atoms with E-state index in [0.29, 0.717) is 35.8 Å². The van der Waals surface area contributed by atoms with Gasteiger partial charge in [0.05, 0.1) is 11.8 Å². The van der Waals surface area contributed by atoms with Gasteiger partial charge in [-0.15, -0.1) is 0 Å². The molecule has 4 unspecified atom stereocenters. The quantitative estimate of drug-likeness (QED) is 0.112. The van der Waals surface area contributed by atoms with E-state index in [1.54, 1.807) is 0 Å². The van der Waals surface area contributed by atoms with Gasteiger partial charge in [-0.2, -0.15) is 0 Å². The van der Waals surface area contributed by atoms with Crippen molar-refractivity contribution in [2.45, 2.75) is 35.9 Å². The van der Waals surface area contributed by atoms with Gasteiger partial charge in [0.25, 0.3) is 0 Å². The second kappa shape index (κ2) is 16.7. The van der Waals surface area contributed by atoms with Gasteiger partial charge in [0.15, 0.2) is 5.78 Å². The predicted octanol–water partition coefficient (Wildman–Crippen LogP) is 12.4. The normalized spacial score (nSPS) is 19.4. The summed E-state index contributed by atoms with van der Waals surface area (Å²) in [6, 6.07) is 54.5. The number of hydrogen-bond acceptors (Lipinski definition) is 5. The molecule has 0 aliphatic heterocycles. The van der Waals surface area contributed by atoms with E-state index >= 15 is 4.79 Å². The summed E-state index contributed by atoms with van der Waals surface area (Å²) < 4.78 is 26.3. The van der Waals surface area contributed by atoms with Crippen molar-refractivity contribution in [1.29, 1.82) is 0 Å². The molecule has 276 valence electrons. The van der Waals surface area contributed by atoms with Crippen molar-refractivity contribution in [2.24, 2.45) is 0 Å². The summed E-state index contributed by atoms with van der Waals surface area (Å²) in [6.07, 6.45) is 17.1. The van der Waals surface area contributed by atoms with Gasteiger partial charge in [0, 0.05) is 12.8 Å². The average Bonchev–Trinajstić information content (AvgIpc) is 3.25. The summed E-state index contributed by atoms with van der Waals surface area (Å²) in [5.74, 6) is 2.65. The van der Waals surface area contributed by atoms with Crippen LogP contribution >= 0.6 is 0 Å². The van der Waals surface area contributed by atoms with Gasteiger partial charge < -0.3 is 18.9 Å². The molecule has 2 aliphatic carbocycles. The summed E-state index contributed by atoms with van der Waals surface area (Å²) in [7, 11) is 0. The molecule has 0 amide bonds. The molecule has 0 saturated heterocycles. The van der Waals surface area contributed by atoms with Crippen LogP contribution in [0.3, 0.4) is 0 Å². The zero-order valence-electron chi connectivity index (χ0n) is 30.9. The van der Waals surface area contributed by atoms with Crippen LogP contribution in [0.25, 0.3) is 0 Å². The number of para-hydroxylation sites is 2. The Bertz CT molecular complexity index is 2150. The van der Waals surface area contributed by atoms with Gasteiger partial charge in [-0.05, 0) is 96.1 Å². The van der Waals surface area contributed by atoms with Gasteiger partial charge in [0.2, 0.25) is 0 Å². The van der Waals surface area contributed by atoms with Crippen molar-refractivity contribution in [3.05, 3.63) is 230 Å². The summed E-state index contributed by atoms with van der Waals surface area (Å²) in [4.78, 5) is 16.0. The fourth-order valence-corrected chi connectivity index (χ4v) is 7.60. The lowest BCUT2D eigenvalue weighted by Gasteiger charge is -2.44. The minimum absolute atomic E-state index is 0.0182. The van der Waals surface area contributed by atoms with Gasteiger partial charge in [0.1, 0.15) is 45.7 Å². The monoisotopic (exact) mass is 734 g/mol. The number of ketones is 1. The van der Waals surface area contributed by atoms with Crippen LogP contribution in [0.2, 0.25) is 0 Å². The van der Waals surface area contributed by atoms with Crippen LogP contribution < -0.4 is 18.9 Å². The summed E-state index contributed by atoms with van der Waals surface area (Å²) in [5.41, 5.74) is -0.410. The molecule has 0 aromatic heterocycles. The Morgan fingerprint density at radius 2 is 0.714 bits per heavy atom. The van der Waals surface area contributed by atoms with Crippen LogP contribution in [0.4, 0.5) is 0 Å². The van der Waals surface area contributed by atoms with Crippen molar-refractivity contribution >= 4 is 5.78 Å². The first-order valence-corrected chi connectivity index (χ1v) is 19.0. The number of hydrogen-bond donors (Lipinski definition) is 0. The van der Waals surface area contributed by atoms with Crippen LogP contribution in [0, 0.1) is 0 Å². The Hall–Kier alpha value is -6.85. The lowest BCUT2D eigenvalue weighted by atomic mass is 9.66. The lowest BCUT2D eigenvalue weighted by molar-refractivity contribution is -0.129. The molecule has 0 N–H and O–H groups in total. The lowest BCUT2D eigenvalue weighted by Crippen LogP contribution is -2.51. The third kappa shape index (κ3) is 8.13. The molecule has 5 heteroatoms. The van der Waals surface area contributed by atoms with Crippen LogP contribution in [0.1, 0.15) is 35.8 Å². The smallest absolute Gasteiger partial charge is 0.156 e. The average molecular weight is 735 g/mol. The number of ether oxygens (including phenoxy) is 4. The van der Waals surface area contributed by atoms with E-state index in [1.165, 1.54) is 0 Å². The van der Waals surface area contributed by atoms with Crippen LogP contribution in [0.5, 0.6) is 34.5 Å². The van der Waals surface area contributed by atoms with Crippen molar-refractivity contribution in [2.75, 3.05) is 0 Å². The first-order chi connectivity index (χ1) is 27.6. The number of carbonyl (C=O) groups excluding carboxylic acids is 1. The molecule has 8 rings (SSSR count). The Labute approximate surface area is 328 Å². The maximum absolute atomic E-state index is 16.0. The number of carbonyl (C=O) groups is 1. The first kappa shape index (κ1) is 36.1. The zero-order valence-corrected chi connectivity index (χ0v) is 30.9. The summed E-state index contributed by atoms with van der Waals surface area (Å²) >= 11 is 0. The van der Waals surface area contributed by atoms with Crippen molar-refractivity contribution in [3.8, 4) is 34.5 Å². The number of rotatable bonds is 14. The number of allylic oxidation sites excluding steroid dienone is 4. The Morgan fingerprint density at radius 1 is 0.393 bits per heavy atom. The van der Waals surface area contributed by atoms with Crippen molar-refractivity contribution in [1.82, 2.24) is 0 Å². The van der Waals surface area contributed by atoms with Gasteiger partial charge >= 0.3 is 0 Å². The minimum atomic E-state index is -1.06. The first-order valence-electron chi connectivity index (χ1n) is 19.0. The maximum atomic E-state index is 16.0. The third-order valence-electron chi connectivity index (χ3n) is 10.2. The minimum Gasteiger partial charge on any atom is -0.482 e. The highest BCUT2D eigenvalue weighted by Gasteiger charge is 2.52. The van der Waals surface area contributed by atoms with Crippen molar-refractivity contribution in [3.63, 3.8) is 0 Å². The Morgan fingerprint density at radius 3 is 1.05 bits per heavy atom. The molecule has 0 fully saturated rings. The van der Waals surface area contributed by atoms with E-state index in [9.17, 15) is 0 Å². The van der Waals surface area contributed by atoms with Crippen LogP contribution in [0.15, 0.2) is 218 Å². The van der Waals surface area contributed by atoms with Crippen LogP contribution in [-0.4, -0.2) is 17.0 Å². The molecule has 56 heavy (non-hydrogen) atoms. The van der Waals surface area contributed by atoms with Gasteiger partial charge in [-0.25, -0.2) is 0 Å². The van der Waals surface area contributed by atoms with E-state index in [-0.39, 0.29) is 5.78 Å². The van der Waals surface area contributed by atoms with Crippen molar-refractivity contribution < 1.29 is 23.7 Å². The highest BCUT2D eigenvalue weighted by molar-refractivity contribution is 5.95. The molecule has 4 atom stereocenters. The van der Waals surface area contributed by atoms with E-state index in [2.05, 4.69) is 12.2 Å². The molecule has 5 nitrogen and oxygen atoms in total. The van der Waals surface area contributed by atoms with Gasteiger partial charge in [-0.1, -0.05) is 134 Å². The second-order valence-corrected chi connectivity index (χ2v) is 14.0. The molecule has 2 aliphatic rings. The summed E-state index contributed by atoms with van der Waals surface area (Å²) in [5, 5.41) is 0. The fourth-order valence-electron chi connectivity index (χ4n) is 7.60. The molecule has 0 radical (unpaired) electrons. The second-order valence-electron chi connectivity index (χ2n) is 14.0. The van der Waals surface area contributed by atoms with E-state index in [1.807, 2.05) is 206 Å². The maximum Gasteiger partial charge on any atom is 0.156 e. The predicted molar refractivity (Wildman–Crippen MR) is 222 cm³/mol. The molecule has 0 heterocycles. The molecule has 6 aromatic rings. The standard InChI is InChI=1S/C51H42O5/c52-49(47(39-19-7-1-8-20-39)50(35-15-5-16-36-50)55-45-31-27-43(28-32-45)53-41-23-11-3-12-24-41)48(40-21-9-2-10-22-40)51(37-17-6-18-38-51)56-46-33-29-44(30-34-46)54-42-25-13-4-14-26-42/h1-35,37,47-48H,36,38H2.